The number of amides is 2. The van der Waals surface area contributed by atoms with Crippen LogP contribution < -0.4 is 5.43 Å². The summed E-state index contributed by atoms with van der Waals surface area (Å²) in [4.78, 5) is 23.4. The third-order valence-electron chi connectivity index (χ3n) is 2.02. The topological polar surface area (TPSA) is 49.4 Å². The summed E-state index contributed by atoms with van der Waals surface area (Å²) in [6.07, 6.45) is 0.372. The Morgan fingerprint density at radius 3 is 2.18 bits per heavy atom. The highest BCUT2D eigenvalue weighted by Crippen LogP contribution is 2.15. The Hall–Kier alpha value is -0.710. The Bertz CT molecular complexity index is 272. The predicted molar refractivity (Wildman–Crippen MR) is 72.6 cm³/mol. The van der Waals surface area contributed by atoms with Crippen molar-refractivity contribution in [2.45, 2.75) is 58.8 Å². The smallest absolute Gasteiger partial charge is 0.251 e. The zero-order valence-corrected chi connectivity index (χ0v) is 12.5. The molecule has 0 aromatic rings. The van der Waals surface area contributed by atoms with Crippen LogP contribution in [0, 0.1) is 0 Å². The molecule has 4 nitrogen and oxygen atoms in total. The largest absolute Gasteiger partial charge is 0.273 e. The lowest BCUT2D eigenvalue weighted by Gasteiger charge is -2.35. The third-order valence-corrected chi connectivity index (χ3v) is 3.10. The van der Waals surface area contributed by atoms with E-state index in [0.717, 1.165) is 0 Å². The maximum absolute atomic E-state index is 12.0. The number of nitrogens with zero attached hydrogens (tertiary/aromatic N) is 1. The highest BCUT2D eigenvalue weighted by atomic mass is 32.2. The van der Waals surface area contributed by atoms with E-state index in [4.69, 9.17) is 0 Å². The molecule has 2 amide bonds. The van der Waals surface area contributed by atoms with E-state index in [0.29, 0.717) is 17.4 Å². The number of thioether (sulfide) groups is 1. The highest BCUT2D eigenvalue weighted by molar-refractivity contribution is 8.00. The van der Waals surface area contributed by atoms with Crippen molar-refractivity contribution in [2.75, 3.05) is 5.75 Å². The van der Waals surface area contributed by atoms with E-state index in [-0.39, 0.29) is 11.8 Å². The molecule has 1 N–H and O–H groups in total. The van der Waals surface area contributed by atoms with Crippen molar-refractivity contribution < 1.29 is 9.59 Å². The van der Waals surface area contributed by atoms with Gasteiger partial charge in [-0.3, -0.25) is 15.0 Å². The van der Waals surface area contributed by atoms with Gasteiger partial charge in [-0.15, -0.1) is 11.8 Å². The van der Waals surface area contributed by atoms with E-state index in [9.17, 15) is 9.59 Å². The van der Waals surface area contributed by atoms with Crippen LogP contribution in [0.3, 0.4) is 0 Å². The summed E-state index contributed by atoms with van der Waals surface area (Å²) in [6, 6.07) is 0. The van der Waals surface area contributed by atoms with Gasteiger partial charge < -0.3 is 0 Å². The molecule has 0 aliphatic carbocycles. The van der Waals surface area contributed by atoms with Crippen molar-refractivity contribution in [3.8, 4) is 0 Å². The van der Waals surface area contributed by atoms with E-state index < -0.39 is 5.54 Å². The van der Waals surface area contributed by atoms with Crippen LogP contribution in [-0.2, 0) is 9.59 Å². The molecule has 17 heavy (non-hydrogen) atoms. The molecule has 0 aliphatic rings. The second-order valence-electron chi connectivity index (χ2n) is 5.15. The normalized spacial score (nSPS) is 11.5. The van der Waals surface area contributed by atoms with E-state index >= 15 is 0 Å². The van der Waals surface area contributed by atoms with E-state index in [2.05, 4.69) is 5.43 Å². The average molecular weight is 260 g/mol. The summed E-state index contributed by atoms with van der Waals surface area (Å²) in [5.41, 5.74) is 2.26. The molecule has 0 aliphatic heterocycles. The molecule has 0 heterocycles. The molecule has 0 rings (SSSR count). The third kappa shape index (κ3) is 6.56. The Morgan fingerprint density at radius 2 is 1.82 bits per heavy atom. The quantitative estimate of drug-likeness (QED) is 0.788. The minimum absolute atomic E-state index is 0.0574. The van der Waals surface area contributed by atoms with Crippen molar-refractivity contribution in [1.82, 2.24) is 10.4 Å². The van der Waals surface area contributed by atoms with Crippen LogP contribution >= 0.6 is 11.8 Å². The number of nitrogens with one attached hydrogen (secondary N) is 1. The number of carbonyl (C=O) groups excluding carboxylic acids is 2. The summed E-state index contributed by atoms with van der Waals surface area (Å²) < 4.78 is 0. The van der Waals surface area contributed by atoms with Crippen molar-refractivity contribution >= 4 is 23.6 Å². The molecule has 0 radical (unpaired) electrons. The Morgan fingerprint density at radius 1 is 1.29 bits per heavy atom. The lowest BCUT2D eigenvalue weighted by atomic mass is 10.1. The van der Waals surface area contributed by atoms with Crippen molar-refractivity contribution in [3.63, 3.8) is 0 Å². The van der Waals surface area contributed by atoms with Crippen molar-refractivity contribution in [3.05, 3.63) is 0 Å². The molecule has 100 valence electrons. The summed E-state index contributed by atoms with van der Waals surface area (Å²) in [7, 11) is 0. The SMILES string of the molecule is CCC(=O)NN(C(=O)CSC(C)C)C(C)(C)C. The number of hydrazine groups is 1. The molecular weight excluding hydrogens is 236 g/mol. The molecule has 0 fully saturated rings. The van der Waals surface area contributed by atoms with Gasteiger partial charge >= 0.3 is 0 Å². The maximum Gasteiger partial charge on any atom is 0.251 e. The first-order valence-electron chi connectivity index (χ1n) is 5.92. The van der Waals surface area contributed by atoms with Crippen LogP contribution in [0.15, 0.2) is 0 Å². The molecular formula is C12H24N2O2S. The van der Waals surface area contributed by atoms with Gasteiger partial charge in [0.15, 0.2) is 0 Å². The summed E-state index contributed by atoms with van der Waals surface area (Å²) >= 11 is 1.58. The van der Waals surface area contributed by atoms with E-state index in [1.54, 1.807) is 18.7 Å². The van der Waals surface area contributed by atoms with E-state index in [1.807, 2.05) is 34.6 Å². The Labute approximate surface area is 108 Å². The van der Waals surface area contributed by atoms with Crippen LogP contribution in [0.5, 0.6) is 0 Å². The second-order valence-corrected chi connectivity index (χ2v) is 6.71. The number of carbonyl (C=O) groups is 2. The summed E-state index contributed by atoms with van der Waals surface area (Å²) in [6.45, 7) is 11.6. The minimum Gasteiger partial charge on any atom is -0.273 e. The fraction of sp³-hybridized carbons (Fsp3) is 0.833. The average Bonchev–Trinajstić information content (AvgIpc) is 2.20. The molecule has 0 bridgehead atoms. The van der Waals surface area contributed by atoms with Crippen LogP contribution in [0.4, 0.5) is 0 Å². The van der Waals surface area contributed by atoms with Gasteiger partial charge in [-0.25, -0.2) is 5.01 Å². The standard InChI is InChI=1S/C12H24N2O2S/c1-7-10(15)13-14(12(4,5)6)11(16)8-17-9(2)3/h9H,7-8H2,1-6H3,(H,13,15). The van der Waals surface area contributed by atoms with Gasteiger partial charge in [0.05, 0.1) is 11.3 Å². The van der Waals surface area contributed by atoms with E-state index in [1.165, 1.54) is 5.01 Å². The van der Waals surface area contributed by atoms with Crippen molar-refractivity contribution in [1.29, 1.82) is 0 Å². The maximum atomic E-state index is 12.0. The molecule has 5 heteroatoms. The summed E-state index contributed by atoms with van der Waals surface area (Å²) in [5, 5.41) is 1.84. The van der Waals surface area contributed by atoms with Gasteiger partial charge in [-0.1, -0.05) is 20.8 Å². The zero-order chi connectivity index (χ0) is 13.6. The van der Waals surface area contributed by atoms with Crippen LogP contribution in [0.2, 0.25) is 0 Å². The monoisotopic (exact) mass is 260 g/mol. The lowest BCUT2D eigenvalue weighted by molar-refractivity contribution is -0.145. The molecule has 0 atom stereocenters. The Balaban J connectivity index is 4.58. The molecule has 0 aromatic carbocycles. The zero-order valence-electron chi connectivity index (χ0n) is 11.7. The minimum atomic E-state index is -0.403. The predicted octanol–water partition coefficient (Wildman–Crippen LogP) is 2.20. The lowest BCUT2D eigenvalue weighted by Crippen LogP contribution is -2.56. The fourth-order valence-electron chi connectivity index (χ4n) is 1.11. The number of rotatable bonds is 4. The first-order chi connectivity index (χ1) is 7.68. The summed E-state index contributed by atoms with van der Waals surface area (Å²) in [5.74, 6) is 0.194. The van der Waals surface area contributed by atoms with Gasteiger partial charge in [-0.2, -0.15) is 0 Å². The first kappa shape index (κ1) is 16.3. The van der Waals surface area contributed by atoms with Crippen molar-refractivity contribution in [2.24, 2.45) is 0 Å². The molecule has 0 unspecified atom stereocenters. The van der Waals surface area contributed by atoms with Crippen LogP contribution in [-0.4, -0.2) is 33.4 Å². The highest BCUT2D eigenvalue weighted by Gasteiger charge is 2.27. The molecule has 0 saturated carbocycles. The van der Waals surface area contributed by atoms with Crippen LogP contribution in [0.1, 0.15) is 48.0 Å². The van der Waals surface area contributed by atoms with Gasteiger partial charge in [0, 0.05) is 6.42 Å². The first-order valence-corrected chi connectivity index (χ1v) is 6.97. The molecule has 0 aromatic heterocycles. The molecule has 0 spiro atoms. The fourth-order valence-corrected chi connectivity index (χ4v) is 1.72. The molecule has 0 saturated heterocycles. The van der Waals surface area contributed by atoms with Crippen LogP contribution in [0.25, 0.3) is 0 Å². The second kappa shape index (κ2) is 6.89. The van der Waals surface area contributed by atoms with Gasteiger partial charge in [0.1, 0.15) is 0 Å². The van der Waals surface area contributed by atoms with Gasteiger partial charge in [0.2, 0.25) is 5.91 Å². The number of hydrogen-bond acceptors (Lipinski definition) is 3. The number of hydrogen-bond donors (Lipinski definition) is 1. The Kier molecular flexibility index (Phi) is 6.60. The van der Waals surface area contributed by atoms with Gasteiger partial charge in [-0.05, 0) is 26.0 Å². The van der Waals surface area contributed by atoms with Gasteiger partial charge in [0.25, 0.3) is 5.91 Å².